The van der Waals surface area contributed by atoms with Crippen molar-refractivity contribution in [1.29, 1.82) is 0 Å². The molecule has 0 atom stereocenters. The van der Waals surface area contributed by atoms with Crippen LogP contribution in [0.4, 0.5) is 5.95 Å². The van der Waals surface area contributed by atoms with Gasteiger partial charge in [-0.2, -0.15) is 0 Å². The molecule has 5 heteroatoms. The third-order valence-electron chi connectivity index (χ3n) is 6.08. The van der Waals surface area contributed by atoms with Gasteiger partial charge < -0.3 is 4.90 Å². The average Bonchev–Trinajstić information content (AvgIpc) is 2.83. The number of fused-ring (bicyclic) bond motifs is 3. The van der Waals surface area contributed by atoms with Crippen molar-refractivity contribution < 1.29 is 0 Å². The summed E-state index contributed by atoms with van der Waals surface area (Å²) >= 11 is 0. The van der Waals surface area contributed by atoms with E-state index in [1.165, 1.54) is 11.1 Å². The third kappa shape index (κ3) is 2.97. The Hall–Kier alpha value is -3.99. The molecule has 0 spiro atoms. The second kappa shape index (κ2) is 7.06. The molecule has 0 N–H and O–H groups in total. The number of nitrogens with zero attached hydrogens (tertiary/aromatic N) is 4. The molecule has 3 aromatic carbocycles. The fourth-order valence-corrected chi connectivity index (χ4v) is 4.45. The fraction of sp³-hybridized carbons (Fsp3) is 0.115. The predicted molar refractivity (Wildman–Crippen MR) is 124 cm³/mol. The summed E-state index contributed by atoms with van der Waals surface area (Å²) in [5.74, 6) is 0.671. The molecule has 0 radical (unpaired) electrons. The summed E-state index contributed by atoms with van der Waals surface area (Å²) in [5, 5.41) is 2.66. The van der Waals surface area contributed by atoms with E-state index < -0.39 is 0 Å². The average molecular weight is 404 g/mol. The van der Waals surface area contributed by atoms with E-state index in [-0.39, 0.29) is 5.56 Å². The zero-order chi connectivity index (χ0) is 20.8. The van der Waals surface area contributed by atoms with Crippen molar-refractivity contribution in [3.63, 3.8) is 0 Å². The largest absolute Gasteiger partial charge is 0.336 e. The van der Waals surface area contributed by atoms with Crippen molar-refractivity contribution in [2.24, 2.45) is 0 Å². The first-order valence-electron chi connectivity index (χ1n) is 10.5. The Labute approximate surface area is 179 Å². The van der Waals surface area contributed by atoms with Gasteiger partial charge in [-0.05, 0) is 35.1 Å². The highest BCUT2D eigenvalue weighted by molar-refractivity contribution is 5.90. The molecule has 0 bridgehead atoms. The number of benzene rings is 3. The lowest BCUT2D eigenvalue weighted by molar-refractivity contribution is 0.710. The summed E-state index contributed by atoms with van der Waals surface area (Å²) in [6, 6.07) is 24.5. The van der Waals surface area contributed by atoms with Gasteiger partial charge in [0.2, 0.25) is 5.95 Å². The molecule has 1 aliphatic heterocycles. The fourth-order valence-electron chi connectivity index (χ4n) is 4.45. The summed E-state index contributed by atoms with van der Waals surface area (Å²) in [6.07, 6.45) is 4.46. The summed E-state index contributed by atoms with van der Waals surface area (Å²) < 4.78 is 1.69. The molecule has 31 heavy (non-hydrogen) atoms. The first-order chi connectivity index (χ1) is 15.3. The predicted octanol–water partition coefficient (Wildman–Crippen LogP) is 4.50. The zero-order valence-corrected chi connectivity index (χ0v) is 16.9. The number of pyridine rings is 1. The van der Waals surface area contributed by atoms with Gasteiger partial charge in [-0.3, -0.25) is 9.36 Å². The Bertz CT molecular complexity index is 1500. The van der Waals surface area contributed by atoms with Crippen LogP contribution >= 0.6 is 0 Å². The molecule has 0 saturated heterocycles. The van der Waals surface area contributed by atoms with Crippen LogP contribution < -0.4 is 10.5 Å². The van der Waals surface area contributed by atoms with Crippen LogP contribution in [0.1, 0.15) is 11.1 Å². The lowest BCUT2D eigenvalue weighted by Crippen LogP contribution is -2.31. The molecule has 0 fully saturated rings. The van der Waals surface area contributed by atoms with Gasteiger partial charge in [-0.15, -0.1) is 0 Å². The molecule has 5 nitrogen and oxygen atoms in total. The number of hydrogen-bond donors (Lipinski definition) is 0. The molecule has 0 unspecified atom stereocenters. The van der Waals surface area contributed by atoms with E-state index in [2.05, 4.69) is 46.3 Å². The number of anilines is 1. The molecule has 2 aromatic heterocycles. The van der Waals surface area contributed by atoms with Crippen molar-refractivity contribution in [1.82, 2.24) is 14.5 Å². The van der Waals surface area contributed by atoms with Crippen molar-refractivity contribution >= 4 is 27.6 Å². The van der Waals surface area contributed by atoms with Gasteiger partial charge in [0, 0.05) is 30.9 Å². The molecular weight excluding hydrogens is 384 g/mol. The van der Waals surface area contributed by atoms with Crippen molar-refractivity contribution in [3.05, 3.63) is 107 Å². The van der Waals surface area contributed by atoms with E-state index >= 15 is 0 Å². The van der Waals surface area contributed by atoms with Crippen LogP contribution in [0.15, 0.2) is 90.0 Å². The van der Waals surface area contributed by atoms with E-state index in [1.807, 2.05) is 42.6 Å². The maximum Gasteiger partial charge on any atom is 0.266 e. The van der Waals surface area contributed by atoms with E-state index in [0.29, 0.717) is 16.9 Å². The molecule has 5 aromatic rings. The molecule has 0 amide bonds. The molecule has 1 aliphatic rings. The second-order valence-electron chi connectivity index (χ2n) is 7.90. The van der Waals surface area contributed by atoms with Gasteiger partial charge in [-0.25, -0.2) is 9.97 Å². The van der Waals surface area contributed by atoms with Crippen LogP contribution in [0.5, 0.6) is 0 Å². The van der Waals surface area contributed by atoms with Crippen LogP contribution in [0.25, 0.3) is 27.4 Å². The number of aromatic nitrogens is 3. The molecule has 0 aliphatic carbocycles. The normalized spacial score (nSPS) is 13.5. The van der Waals surface area contributed by atoms with E-state index in [9.17, 15) is 4.79 Å². The first-order valence-corrected chi connectivity index (χ1v) is 10.5. The van der Waals surface area contributed by atoms with Crippen LogP contribution in [0, 0.1) is 0 Å². The highest BCUT2D eigenvalue weighted by atomic mass is 16.1. The van der Waals surface area contributed by atoms with Crippen LogP contribution in [0.2, 0.25) is 0 Å². The van der Waals surface area contributed by atoms with E-state index in [1.54, 1.807) is 10.8 Å². The van der Waals surface area contributed by atoms with Crippen molar-refractivity contribution in [2.45, 2.75) is 13.0 Å². The van der Waals surface area contributed by atoms with Crippen molar-refractivity contribution in [3.8, 4) is 5.69 Å². The summed E-state index contributed by atoms with van der Waals surface area (Å²) in [5.41, 5.74) is 4.12. The van der Waals surface area contributed by atoms with Gasteiger partial charge in [0.25, 0.3) is 5.56 Å². The van der Waals surface area contributed by atoms with Gasteiger partial charge >= 0.3 is 0 Å². The number of hydrogen-bond acceptors (Lipinski definition) is 4. The SMILES string of the molecule is O=c1c2cnc(N3CCc4ccccc4C3)nc2ccn1-c1cccc2ccccc12. The minimum absolute atomic E-state index is 0.107. The van der Waals surface area contributed by atoms with Crippen molar-refractivity contribution in [2.75, 3.05) is 11.4 Å². The monoisotopic (exact) mass is 404 g/mol. The molecular formula is C26H20N4O. The lowest BCUT2D eigenvalue weighted by atomic mass is 10.0. The Balaban J connectivity index is 1.42. The molecule has 0 saturated carbocycles. The number of rotatable bonds is 2. The molecule has 6 rings (SSSR count). The summed E-state index contributed by atoms with van der Waals surface area (Å²) in [7, 11) is 0. The minimum Gasteiger partial charge on any atom is -0.336 e. The Morgan fingerprint density at radius 1 is 0.806 bits per heavy atom. The highest BCUT2D eigenvalue weighted by Crippen LogP contribution is 2.24. The van der Waals surface area contributed by atoms with Gasteiger partial charge in [-0.1, -0.05) is 60.7 Å². The maximum absolute atomic E-state index is 13.3. The molecule has 150 valence electrons. The first kappa shape index (κ1) is 17.8. The van der Waals surface area contributed by atoms with Gasteiger partial charge in [0.15, 0.2) is 0 Å². The lowest BCUT2D eigenvalue weighted by Gasteiger charge is -2.28. The Kier molecular flexibility index (Phi) is 4.06. The van der Waals surface area contributed by atoms with Gasteiger partial charge in [0.1, 0.15) is 0 Å². The van der Waals surface area contributed by atoms with Gasteiger partial charge in [0.05, 0.1) is 16.6 Å². The highest BCUT2D eigenvalue weighted by Gasteiger charge is 2.19. The minimum atomic E-state index is -0.107. The van der Waals surface area contributed by atoms with Crippen LogP contribution in [-0.2, 0) is 13.0 Å². The van der Waals surface area contributed by atoms with Crippen LogP contribution in [-0.4, -0.2) is 21.1 Å². The van der Waals surface area contributed by atoms with E-state index in [4.69, 9.17) is 4.98 Å². The Morgan fingerprint density at radius 2 is 1.61 bits per heavy atom. The summed E-state index contributed by atoms with van der Waals surface area (Å²) in [4.78, 5) is 24.8. The standard InChI is InChI=1S/C26H20N4O/c31-25-22-16-27-26(29-14-12-18-6-1-2-8-20(18)17-29)28-23(22)13-15-30(25)24-11-5-9-19-7-3-4-10-21(19)24/h1-11,13,15-16H,12,14,17H2. The topological polar surface area (TPSA) is 51.0 Å². The van der Waals surface area contributed by atoms with Crippen LogP contribution in [0.3, 0.4) is 0 Å². The zero-order valence-electron chi connectivity index (χ0n) is 16.9. The Morgan fingerprint density at radius 3 is 2.55 bits per heavy atom. The second-order valence-corrected chi connectivity index (χ2v) is 7.90. The summed E-state index contributed by atoms with van der Waals surface area (Å²) in [6.45, 7) is 1.66. The smallest absolute Gasteiger partial charge is 0.266 e. The maximum atomic E-state index is 13.3. The third-order valence-corrected chi connectivity index (χ3v) is 6.08. The van der Waals surface area contributed by atoms with E-state index in [0.717, 1.165) is 36.0 Å². The quantitative estimate of drug-likeness (QED) is 0.435. The molecule has 3 heterocycles.